The smallest absolute Gasteiger partial charge is 0.194 e. The predicted octanol–water partition coefficient (Wildman–Crippen LogP) is 3.40. The Balaban J connectivity index is 0.00000261. The lowest BCUT2D eigenvalue weighted by atomic mass is 10.3. The van der Waals surface area contributed by atoms with Crippen LogP contribution < -0.4 is 10.1 Å². The van der Waals surface area contributed by atoms with Gasteiger partial charge in [-0.05, 0) is 36.8 Å². The summed E-state index contributed by atoms with van der Waals surface area (Å²) in [6.45, 7) is 5.02. The zero-order valence-electron chi connectivity index (χ0n) is 16.1. The molecule has 0 spiro atoms. The molecule has 6 nitrogen and oxygen atoms in total. The van der Waals surface area contributed by atoms with E-state index in [0.717, 1.165) is 41.9 Å². The predicted molar refractivity (Wildman–Crippen MR) is 124 cm³/mol. The lowest BCUT2D eigenvalue weighted by Gasteiger charge is -2.34. The van der Waals surface area contributed by atoms with Crippen LogP contribution in [0.1, 0.15) is 19.0 Å². The van der Waals surface area contributed by atoms with Crippen LogP contribution in [0.5, 0.6) is 5.75 Å². The molecular formula is C19H28IN5OS. The Morgan fingerprint density at radius 1 is 1.33 bits per heavy atom. The molecule has 148 valence electrons. The molecule has 1 aromatic heterocycles. The topological polar surface area (TPSA) is 54.7 Å². The van der Waals surface area contributed by atoms with Crippen LogP contribution in [-0.4, -0.2) is 58.9 Å². The largest absolute Gasteiger partial charge is 0.497 e. The summed E-state index contributed by atoms with van der Waals surface area (Å²) in [5.74, 6) is 2.96. The fourth-order valence-corrected chi connectivity index (χ4v) is 4.18. The van der Waals surface area contributed by atoms with Crippen LogP contribution in [0.4, 0.5) is 0 Å². The number of nitrogens with zero attached hydrogens (tertiary/aromatic N) is 4. The van der Waals surface area contributed by atoms with Crippen molar-refractivity contribution >= 4 is 41.7 Å². The summed E-state index contributed by atoms with van der Waals surface area (Å²) in [5.41, 5.74) is 2.00. The number of hydrogen-bond acceptors (Lipinski definition) is 4. The van der Waals surface area contributed by atoms with Gasteiger partial charge in [0, 0.05) is 37.3 Å². The number of halogens is 1. The summed E-state index contributed by atoms with van der Waals surface area (Å²) in [5, 5.41) is 8.80. The van der Waals surface area contributed by atoms with Crippen molar-refractivity contribution in [1.82, 2.24) is 20.0 Å². The minimum absolute atomic E-state index is 0. The second-order valence-electron chi connectivity index (χ2n) is 6.20. The second kappa shape index (κ2) is 10.8. The third-order valence-electron chi connectivity index (χ3n) is 4.51. The minimum Gasteiger partial charge on any atom is -0.497 e. The van der Waals surface area contributed by atoms with Crippen molar-refractivity contribution in [1.29, 1.82) is 0 Å². The molecule has 0 bridgehead atoms. The van der Waals surface area contributed by atoms with Crippen molar-refractivity contribution in [3.63, 3.8) is 0 Å². The van der Waals surface area contributed by atoms with E-state index in [1.165, 1.54) is 6.42 Å². The number of aliphatic imine (C=N–C) groups is 1. The molecule has 2 heterocycles. The maximum absolute atomic E-state index is 5.20. The van der Waals surface area contributed by atoms with Crippen LogP contribution in [0.2, 0.25) is 0 Å². The van der Waals surface area contributed by atoms with E-state index in [-0.39, 0.29) is 24.0 Å². The van der Waals surface area contributed by atoms with Crippen LogP contribution >= 0.6 is 35.7 Å². The molecule has 1 aliphatic heterocycles. The summed E-state index contributed by atoms with van der Waals surface area (Å²) in [7, 11) is 3.52. The molecule has 27 heavy (non-hydrogen) atoms. The molecule has 0 amide bonds. The molecule has 1 N–H and O–H groups in total. The zero-order valence-corrected chi connectivity index (χ0v) is 19.2. The molecule has 1 aliphatic rings. The number of aromatic nitrogens is 2. The molecule has 1 saturated heterocycles. The van der Waals surface area contributed by atoms with Crippen molar-refractivity contribution in [3.8, 4) is 11.4 Å². The maximum Gasteiger partial charge on any atom is 0.194 e. The van der Waals surface area contributed by atoms with E-state index in [1.807, 2.05) is 48.3 Å². The first kappa shape index (κ1) is 21.9. The molecule has 1 fully saturated rings. The summed E-state index contributed by atoms with van der Waals surface area (Å²) in [4.78, 5) is 6.81. The van der Waals surface area contributed by atoms with Gasteiger partial charge in [-0.3, -0.25) is 4.99 Å². The van der Waals surface area contributed by atoms with E-state index in [4.69, 9.17) is 4.74 Å². The molecule has 2 aromatic rings. The highest BCUT2D eigenvalue weighted by atomic mass is 127. The van der Waals surface area contributed by atoms with E-state index in [0.29, 0.717) is 11.8 Å². The first-order valence-electron chi connectivity index (χ1n) is 8.99. The molecule has 0 saturated carbocycles. The van der Waals surface area contributed by atoms with Crippen LogP contribution in [-0.2, 0) is 6.54 Å². The molecule has 1 atom stereocenters. The average Bonchev–Trinajstić information content (AvgIpc) is 3.17. The van der Waals surface area contributed by atoms with Gasteiger partial charge in [0.05, 0.1) is 25.0 Å². The van der Waals surface area contributed by atoms with Gasteiger partial charge < -0.3 is 15.0 Å². The molecule has 0 aliphatic carbocycles. The highest BCUT2D eigenvalue weighted by Gasteiger charge is 2.21. The van der Waals surface area contributed by atoms with E-state index >= 15 is 0 Å². The van der Waals surface area contributed by atoms with Gasteiger partial charge in [0.2, 0.25) is 0 Å². The Bertz CT molecular complexity index is 734. The number of rotatable bonds is 5. The number of ether oxygens (including phenoxy) is 1. The van der Waals surface area contributed by atoms with E-state index in [2.05, 4.69) is 39.0 Å². The van der Waals surface area contributed by atoms with Crippen molar-refractivity contribution in [2.24, 2.45) is 4.99 Å². The van der Waals surface area contributed by atoms with E-state index in [1.54, 1.807) is 7.11 Å². The third-order valence-corrected chi connectivity index (χ3v) is 5.89. The average molecular weight is 501 g/mol. The molecule has 3 rings (SSSR count). The summed E-state index contributed by atoms with van der Waals surface area (Å²) < 4.78 is 7.08. The van der Waals surface area contributed by atoms with Gasteiger partial charge in [-0.15, -0.1) is 24.0 Å². The van der Waals surface area contributed by atoms with Crippen LogP contribution in [0.25, 0.3) is 5.69 Å². The van der Waals surface area contributed by atoms with Crippen LogP contribution in [0, 0.1) is 0 Å². The molecule has 1 unspecified atom stereocenters. The van der Waals surface area contributed by atoms with Gasteiger partial charge in [0.15, 0.2) is 5.96 Å². The Morgan fingerprint density at radius 3 is 2.78 bits per heavy atom. The molecule has 1 aromatic carbocycles. The zero-order chi connectivity index (χ0) is 18.4. The van der Waals surface area contributed by atoms with Crippen molar-refractivity contribution < 1.29 is 4.74 Å². The highest BCUT2D eigenvalue weighted by Crippen LogP contribution is 2.21. The number of hydrogen-bond donors (Lipinski definition) is 1. The lowest BCUT2D eigenvalue weighted by Crippen LogP contribution is -2.47. The lowest BCUT2D eigenvalue weighted by molar-refractivity contribution is 0.407. The van der Waals surface area contributed by atoms with Crippen molar-refractivity contribution in [2.45, 2.75) is 25.1 Å². The van der Waals surface area contributed by atoms with Gasteiger partial charge in [-0.1, -0.05) is 6.92 Å². The van der Waals surface area contributed by atoms with Gasteiger partial charge in [0.25, 0.3) is 0 Å². The summed E-state index contributed by atoms with van der Waals surface area (Å²) >= 11 is 2.06. The number of nitrogens with one attached hydrogen (secondary N) is 1. The molecule has 0 radical (unpaired) electrons. The first-order chi connectivity index (χ1) is 12.7. The van der Waals surface area contributed by atoms with Crippen LogP contribution in [0.15, 0.2) is 41.5 Å². The minimum atomic E-state index is 0. The quantitative estimate of drug-likeness (QED) is 0.387. The van der Waals surface area contributed by atoms with Crippen molar-refractivity contribution in [3.05, 3.63) is 42.2 Å². The Morgan fingerprint density at radius 2 is 2.11 bits per heavy atom. The standard InChI is InChI=1S/C19H27N5OS.HI/c1-4-18-14-23(11-12-26-18)19(20-2)21-13-15-9-10-24(22-15)16-5-7-17(25-3)8-6-16;/h5-10,18H,4,11-14H2,1-3H3,(H,20,21);1H. The van der Waals surface area contributed by atoms with Gasteiger partial charge in [-0.2, -0.15) is 16.9 Å². The number of guanidine groups is 1. The molecule has 8 heteroatoms. The van der Waals surface area contributed by atoms with Crippen molar-refractivity contribution in [2.75, 3.05) is 33.0 Å². The van der Waals surface area contributed by atoms with Gasteiger partial charge in [0.1, 0.15) is 5.75 Å². The first-order valence-corrected chi connectivity index (χ1v) is 10.0. The highest BCUT2D eigenvalue weighted by molar-refractivity contribution is 14.0. The maximum atomic E-state index is 5.20. The second-order valence-corrected chi connectivity index (χ2v) is 7.61. The SMILES string of the molecule is CCC1CN(C(=NC)NCc2ccn(-c3ccc(OC)cc3)n2)CCS1.I. The normalized spacial score (nSPS) is 17.4. The van der Waals surface area contributed by atoms with Crippen LogP contribution in [0.3, 0.4) is 0 Å². The Labute approximate surface area is 182 Å². The fourth-order valence-electron chi connectivity index (χ4n) is 3.00. The number of methoxy groups -OCH3 is 1. The third kappa shape index (κ3) is 5.78. The van der Waals surface area contributed by atoms with E-state index in [9.17, 15) is 0 Å². The molecular weight excluding hydrogens is 473 g/mol. The van der Waals surface area contributed by atoms with Gasteiger partial charge in [-0.25, -0.2) is 4.68 Å². The number of benzene rings is 1. The monoisotopic (exact) mass is 501 g/mol. The number of thioether (sulfide) groups is 1. The van der Waals surface area contributed by atoms with Gasteiger partial charge >= 0.3 is 0 Å². The Kier molecular flexibility index (Phi) is 8.75. The van der Waals surface area contributed by atoms with E-state index < -0.39 is 0 Å². The Hall–Kier alpha value is -1.42. The fraction of sp³-hybridized carbons (Fsp3) is 0.474. The summed E-state index contributed by atoms with van der Waals surface area (Å²) in [6, 6.07) is 9.91. The summed E-state index contributed by atoms with van der Waals surface area (Å²) in [6.07, 6.45) is 3.18.